The lowest BCUT2D eigenvalue weighted by atomic mass is 10.3. The molecule has 29 heavy (non-hydrogen) atoms. The molecule has 9 heteroatoms. The third kappa shape index (κ3) is 5.16. The minimum Gasteiger partial charge on any atom is -0.494 e. The van der Waals surface area contributed by atoms with Crippen LogP contribution >= 0.6 is 0 Å². The van der Waals surface area contributed by atoms with Crippen LogP contribution in [0, 0.1) is 0 Å². The molecule has 0 amide bonds. The quantitative estimate of drug-likeness (QED) is 0.607. The maximum absolute atomic E-state index is 13.0. The lowest BCUT2D eigenvalue weighted by Crippen LogP contribution is -2.49. The zero-order chi connectivity index (χ0) is 20.9. The fourth-order valence-electron chi connectivity index (χ4n) is 3.07. The summed E-state index contributed by atoms with van der Waals surface area (Å²) in [5.41, 5.74) is 0. The van der Waals surface area contributed by atoms with E-state index in [0.29, 0.717) is 43.4 Å². The number of unbranched alkanes of at least 4 members (excludes halogenated alkanes) is 1. The topological polar surface area (TPSA) is 78.9 Å². The van der Waals surface area contributed by atoms with Gasteiger partial charge in [-0.05, 0) is 42.8 Å². The van der Waals surface area contributed by atoms with Gasteiger partial charge in [-0.3, -0.25) is 0 Å². The molecule has 0 bridgehead atoms. The summed E-state index contributed by atoms with van der Waals surface area (Å²) in [6.45, 7) is 4.72. The summed E-state index contributed by atoms with van der Waals surface area (Å²) in [6, 6.07) is 10.5. The number of hydrogen-bond acceptors (Lipinski definition) is 7. The molecule has 0 N–H and O–H groups in total. The van der Waals surface area contributed by atoms with Crippen molar-refractivity contribution >= 4 is 21.7 Å². The third-order valence-electron chi connectivity index (χ3n) is 4.89. The molecular formula is C20H29N5O3S. The third-order valence-corrected chi connectivity index (χ3v) is 6.80. The molecule has 2 heterocycles. The van der Waals surface area contributed by atoms with E-state index in [9.17, 15) is 8.42 Å². The Morgan fingerprint density at radius 1 is 1.00 bits per heavy atom. The fourth-order valence-corrected chi connectivity index (χ4v) is 4.50. The van der Waals surface area contributed by atoms with Gasteiger partial charge in [-0.25, -0.2) is 8.42 Å². The smallest absolute Gasteiger partial charge is 0.243 e. The molecule has 3 rings (SSSR count). The Morgan fingerprint density at radius 3 is 2.24 bits per heavy atom. The molecule has 1 aromatic carbocycles. The summed E-state index contributed by atoms with van der Waals surface area (Å²) in [7, 11) is 0.309. The van der Waals surface area contributed by atoms with Crippen molar-refractivity contribution in [2.24, 2.45) is 0 Å². The lowest BCUT2D eigenvalue weighted by molar-refractivity contribution is 0.309. The van der Waals surface area contributed by atoms with Gasteiger partial charge in [0.15, 0.2) is 11.6 Å². The van der Waals surface area contributed by atoms with E-state index in [1.54, 1.807) is 24.3 Å². The van der Waals surface area contributed by atoms with Gasteiger partial charge < -0.3 is 14.5 Å². The number of aromatic nitrogens is 2. The van der Waals surface area contributed by atoms with Crippen molar-refractivity contribution < 1.29 is 13.2 Å². The van der Waals surface area contributed by atoms with E-state index < -0.39 is 10.0 Å². The highest BCUT2D eigenvalue weighted by molar-refractivity contribution is 7.89. The van der Waals surface area contributed by atoms with Crippen LogP contribution < -0.4 is 14.5 Å². The van der Waals surface area contributed by atoms with Crippen molar-refractivity contribution in [1.29, 1.82) is 0 Å². The van der Waals surface area contributed by atoms with E-state index in [0.717, 1.165) is 24.5 Å². The zero-order valence-electron chi connectivity index (χ0n) is 17.3. The van der Waals surface area contributed by atoms with Crippen LogP contribution in [0.4, 0.5) is 11.6 Å². The van der Waals surface area contributed by atoms with Crippen molar-refractivity contribution in [3.05, 3.63) is 36.4 Å². The van der Waals surface area contributed by atoms with Crippen molar-refractivity contribution in [1.82, 2.24) is 14.5 Å². The predicted octanol–water partition coefficient (Wildman–Crippen LogP) is 2.23. The lowest BCUT2D eigenvalue weighted by Gasteiger charge is -2.34. The molecule has 2 aromatic rings. The first-order valence-electron chi connectivity index (χ1n) is 9.91. The highest BCUT2D eigenvalue weighted by atomic mass is 32.2. The molecular weight excluding hydrogens is 390 g/mol. The Hall–Kier alpha value is -2.39. The summed E-state index contributed by atoms with van der Waals surface area (Å²) in [6.07, 6.45) is 2.04. The van der Waals surface area contributed by atoms with Crippen LogP contribution in [0.2, 0.25) is 0 Å². The number of benzene rings is 1. The number of sulfonamides is 1. The van der Waals surface area contributed by atoms with E-state index in [2.05, 4.69) is 22.0 Å². The second-order valence-corrected chi connectivity index (χ2v) is 9.15. The Kier molecular flexibility index (Phi) is 6.92. The van der Waals surface area contributed by atoms with Gasteiger partial charge in [0.2, 0.25) is 10.0 Å². The van der Waals surface area contributed by atoms with Crippen LogP contribution in [0.3, 0.4) is 0 Å². The largest absolute Gasteiger partial charge is 0.494 e. The molecule has 0 radical (unpaired) electrons. The van der Waals surface area contributed by atoms with Crippen LogP contribution in [0.1, 0.15) is 19.8 Å². The summed E-state index contributed by atoms with van der Waals surface area (Å²) < 4.78 is 33.1. The van der Waals surface area contributed by atoms with E-state index in [-0.39, 0.29) is 0 Å². The van der Waals surface area contributed by atoms with E-state index in [1.807, 2.05) is 31.1 Å². The van der Waals surface area contributed by atoms with Crippen molar-refractivity contribution in [3.8, 4) is 5.75 Å². The minimum atomic E-state index is -3.52. The summed E-state index contributed by atoms with van der Waals surface area (Å²) in [5.74, 6) is 2.25. The average Bonchev–Trinajstić information content (AvgIpc) is 2.74. The molecule has 1 saturated heterocycles. The minimum absolute atomic E-state index is 0.295. The van der Waals surface area contributed by atoms with Gasteiger partial charge in [0.25, 0.3) is 0 Å². The van der Waals surface area contributed by atoms with Gasteiger partial charge in [-0.2, -0.15) is 4.31 Å². The van der Waals surface area contributed by atoms with E-state index in [4.69, 9.17) is 4.74 Å². The molecule has 0 aliphatic carbocycles. The molecule has 1 aliphatic rings. The van der Waals surface area contributed by atoms with Gasteiger partial charge >= 0.3 is 0 Å². The Labute approximate surface area is 173 Å². The van der Waals surface area contributed by atoms with Crippen molar-refractivity contribution in [3.63, 3.8) is 0 Å². The molecule has 158 valence electrons. The fraction of sp³-hybridized carbons (Fsp3) is 0.500. The standard InChI is InChI=1S/C20H29N5O3S/c1-4-5-16-28-17-6-8-18(9-7-17)29(26,27)25-14-12-24(13-15-25)20-11-10-19(21-22-20)23(2)3/h6-11H,4-5,12-16H2,1-3H3. The van der Waals surface area contributed by atoms with E-state index >= 15 is 0 Å². The summed E-state index contributed by atoms with van der Waals surface area (Å²) >= 11 is 0. The molecule has 1 aliphatic heterocycles. The van der Waals surface area contributed by atoms with Crippen LogP contribution in [0.25, 0.3) is 0 Å². The second kappa shape index (κ2) is 9.41. The Bertz CT molecular complexity index is 877. The van der Waals surface area contributed by atoms with Crippen molar-refractivity contribution in [2.45, 2.75) is 24.7 Å². The normalized spacial score (nSPS) is 15.3. The molecule has 1 aromatic heterocycles. The van der Waals surface area contributed by atoms with Gasteiger partial charge in [-0.1, -0.05) is 13.3 Å². The Morgan fingerprint density at radius 2 is 1.69 bits per heavy atom. The molecule has 1 fully saturated rings. The molecule has 0 saturated carbocycles. The maximum Gasteiger partial charge on any atom is 0.243 e. The summed E-state index contributed by atoms with van der Waals surface area (Å²) in [5, 5.41) is 8.46. The monoisotopic (exact) mass is 419 g/mol. The first kappa shape index (κ1) is 21.3. The molecule has 0 unspecified atom stereocenters. The maximum atomic E-state index is 13.0. The molecule has 8 nitrogen and oxygen atoms in total. The van der Waals surface area contributed by atoms with Gasteiger partial charge in [0, 0.05) is 40.3 Å². The van der Waals surface area contributed by atoms with Crippen LogP contribution in [-0.4, -0.2) is 69.8 Å². The number of hydrogen-bond donors (Lipinski definition) is 0. The van der Waals surface area contributed by atoms with Gasteiger partial charge in [0.05, 0.1) is 11.5 Å². The number of rotatable bonds is 8. The van der Waals surface area contributed by atoms with E-state index in [1.165, 1.54) is 4.31 Å². The van der Waals surface area contributed by atoms with Gasteiger partial charge in [-0.15, -0.1) is 10.2 Å². The van der Waals surface area contributed by atoms with Crippen molar-refractivity contribution in [2.75, 3.05) is 56.7 Å². The first-order chi connectivity index (χ1) is 13.9. The highest BCUT2D eigenvalue weighted by Gasteiger charge is 2.29. The Balaban J connectivity index is 1.60. The van der Waals surface area contributed by atoms with Gasteiger partial charge in [0.1, 0.15) is 5.75 Å². The van der Waals surface area contributed by atoms with Crippen LogP contribution in [0.15, 0.2) is 41.3 Å². The first-order valence-corrected chi connectivity index (χ1v) is 11.3. The van der Waals surface area contributed by atoms with Crippen LogP contribution in [0.5, 0.6) is 5.75 Å². The number of ether oxygens (including phenoxy) is 1. The SMILES string of the molecule is CCCCOc1ccc(S(=O)(=O)N2CCN(c3ccc(N(C)C)nn3)CC2)cc1. The van der Waals surface area contributed by atoms with Crippen LogP contribution in [-0.2, 0) is 10.0 Å². The predicted molar refractivity (Wildman–Crippen MR) is 114 cm³/mol. The second-order valence-electron chi connectivity index (χ2n) is 7.21. The molecule has 0 atom stereocenters. The average molecular weight is 420 g/mol. The zero-order valence-corrected chi connectivity index (χ0v) is 18.1. The highest BCUT2D eigenvalue weighted by Crippen LogP contribution is 2.22. The summed E-state index contributed by atoms with van der Waals surface area (Å²) in [4.78, 5) is 4.24. The molecule has 0 spiro atoms. The number of anilines is 2. The number of nitrogens with zero attached hydrogens (tertiary/aromatic N) is 5. The number of piperazine rings is 1.